The number of hydrogen-bond acceptors (Lipinski definition) is 7. The average Bonchev–Trinajstić information content (AvgIpc) is 3.01. The lowest BCUT2D eigenvalue weighted by Crippen LogP contribution is -2.24. The summed E-state index contributed by atoms with van der Waals surface area (Å²) in [5.74, 6) is -0.984. The maximum atomic E-state index is 12.4. The van der Waals surface area contributed by atoms with Crippen molar-refractivity contribution < 1.29 is 27.3 Å². The van der Waals surface area contributed by atoms with Crippen molar-refractivity contribution in [2.24, 2.45) is 0 Å². The van der Waals surface area contributed by atoms with E-state index in [1.54, 1.807) is 26.0 Å². The van der Waals surface area contributed by atoms with E-state index in [-0.39, 0.29) is 16.1 Å². The highest BCUT2D eigenvalue weighted by Crippen LogP contribution is 2.22. The highest BCUT2D eigenvalue weighted by Gasteiger charge is 2.22. The normalized spacial score (nSPS) is 11.5. The Hall–Kier alpha value is -2.72. The predicted molar refractivity (Wildman–Crippen MR) is 102 cm³/mol. The summed E-state index contributed by atoms with van der Waals surface area (Å²) < 4.78 is 35.8. The largest absolute Gasteiger partial charge is 0.452 e. The van der Waals surface area contributed by atoms with Gasteiger partial charge in [0.2, 0.25) is 10.0 Å². The van der Waals surface area contributed by atoms with Crippen LogP contribution in [-0.2, 0) is 26.0 Å². The lowest BCUT2D eigenvalue weighted by molar-refractivity contribution is -0.119. The molecule has 10 heteroatoms. The molecule has 0 saturated carbocycles. The molecular formula is C18H23N3O6S. The molecule has 0 unspecified atom stereocenters. The number of nitrogens with zero attached hydrogens (tertiary/aromatic N) is 2. The number of carbonyl (C=O) groups is 2. The first kappa shape index (κ1) is 21.6. The quantitative estimate of drug-likeness (QED) is 0.694. The molecule has 152 valence electrons. The number of nitrogens with one attached hydrogen (secondary N) is 1. The van der Waals surface area contributed by atoms with Crippen LogP contribution in [0.2, 0.25) is 0 Å². The number of aromatic nitrogens is 1. The third-order valence-electron chi connectivity index (χ3n) is 4.04. The molecule has 9 nitrogen and oxygen atoms in total. The van der Waals surface area contributed by atoms with Crippen LogP contribution in [0.3, 0.4) is 0 Å². The van der Waals surface area contributed by atoms with Crippen LogP contribution in [0.25, 0.3) is 0 Å². The Labute approximate surface area is 163 Å². The molecule has 2 aromatic rings. The number of hydrogen-bond donors (Lipinski definition) is 1. The Morgan fingerprint density at radius 2 is 1.93 bits per heavy atom. The van der Waals surface area contributed by atoms with E-state index in [1.165, 1.54) is 20.2 Å². The Morgan fingerprint density at radius 1 is 1.25 bits per heavy atom. The minimum absolute atomic E-state index is 0.0833. The molecule has 0 bridgehead atoms. The van der Waals surface area contributed by atoms with Crippen LogP contribution in [0.5, 0.6) is 0 Å². The molecule has 1 N–H and O–H groups in total. The first-order chi connectivity index (χ1) is 13.1. The van der Waals surface area contributed by atoms with Gasteiger partial charge in [0.1, 0.15) is 11.3 Å². The molecule has 1 heterocycles. The Balaban J connectivity index is 2.08. The van der Waals surface area contributed by atoms with Crippen LogP contribution >= 0.6 is 0 Å². The molecule has 0 aliphatic heterocycles. The van der Waals surface area contributed by atoms with Crippen LogP contribution in [0, 0.1) is 13.8 Å². The molecule has 0 saturated heterocycles. The molecule has 1 amide bonds. The van der Waals surface area contributed by atoms with E-state index < -0.39 is 28.5 Å². The van der Waals surface area contributed by atoms with Gasteiger partial charge in [-0.2, -0.15) is 0 Å². The van der Waals surface area contributed by atoms with Crippen molar-refractivity contribution in [2.45, 2.75) is 32.1 Å². The fraction of sp³-hybridized carbons (Fsp3) is 0.389. The maximum Gasteiger partial charge on any atom is 0.344 e. The maximum absolute atomic E-state index is 12.4. The van der Waals surface area contributed by atoms with Crippen molar-refractivity contribution in [1.29, 1.82) is 0 Å². The first-order valence-corrected chi connectivity index (χ1v) is 9.97. The second kappa shape index (κ2) is 8.53. The fourth-order valence-electron chi connectivity index (χ4n) is 2.47. The van der Waals surface area contributed by atoms with Crippen LogP contribution in [0.4, 0.5) is 5.69 Å². The number of benzene rings is 1. The van der Waals surface area contributed by atoms with Crippen molar-refractivity contribution in [1.82, 2.24) is 9.46 Å². The van der Waals surface area contributed by atoms with Gasteiger partial charge in [-0.15, -0.1) is 0 Å². The van der Waals surface area contributed by atoms with E-state index in [1.807, 2.05) is 6.92 Å². The third kappa shape index (κ3) is 4.57. The van der Waals surface area contributed by atoms with Crippen LogP contribution in [-0.4, -0.2) is 50.5 Å². The Morgan fingerprint density at radius 3 is 2.54 bits per heavy atom. The van der Waals surface area contributed by atoms with E-state index in [4.69, 9.17) is 9.26 Å². The van der Waals surface area contributed by atoms with Crippen molar-refractivity contribution in [3.63, 3.8) is 0 Å². The summed E-state index contributed by atoms with van der Waals surface area (Å²) in [4.78, 5) is 24.4. The third-order valence-corrected chi connectivity index (χ3v) is 5.99. The summed E-state index contributed by atoms with van der Waals surface area (Å²) in [7, 11) is -0.800. The molecule has 1 aromatic carbocycles. The van der Waals surface area contributed by atoms with E-state index in [0.717, 1.165) is 4.31 Å². The highest BCUT2D eigenvalue weighted by molar-refractivity contribution is 7.89. The fourth-order valence-corrected chi connectivity index (χ4v) is 3.62. The zero-order valence-electron chi connectivity index (χ0n) is 16.4. The molecule has 0 aliphatic carbocycles. The number of sulfonamides is 1. The van der Waals surface area contributed by atoms with Crippen LogP contribution in [0.15, 0.2) is 27.6 Å². The standard InChI is InChI=1S/C18H23N3O6S/c1-6-14-17(12(3)27-20-14)18(23)26-10-16(22)19-13-8-7-11(2)15(9-13)28(24,25)21(4)5/h7-9H,6,10H2,1-5H3,(H,19,22). The second-order valence-corrected chi connectivity index (χ2v) is 8.43. The van der Waals surface area contributed by atoms with Gasteiger partial charge in [0, 0.05) is 19.8 Å². The van der Waals surface area contributed by atoms with E-state index in [9.17, 15) is 18.0 Å². The van der Waals surface area contributed by atoms with Gasteiger partial charge in [-0.25, -0.2) is 17.5 Å². The molecular weight excluding hydrogens is 386 g/mol. The number of carbonyl (C=O) groups excluding carboxylic acids is 2. The molecule has 2 rings (SSSR count). The lowest BCUT2D eigenvalue weighted by atomic mass is 10.1. The molecule has 0 radical (unpaired) electrons. The zero-order valence-corrected chi connectivity index (χ0v) is 17.2. The molecule has 0 atom stereocenters. The Kier molecular flexibility index (Phi) is 6.57. The number of ether oxygens (including phenoxy) is 1. The SMILES string of the molecule is CCc1noc(C)c1C(=O)OCC(=O)Nc1ccc(C)c(S(=O)(=O)N(C)C)c1. The summed E-state index contributed by atoms with van der Waals surface area (Å²) in [6, 6.07) is 4.53. The lowest BCUT2D eigenvalue weighted by Gasteiger charge is -2.15. The number of rotatable bonds is 7. The van der Waals surface area contributed by atoms with E-state index in [2.05, 4.69) is 10.5 Å². The molecule has 0 aliphatic rings. The molecule has 28 heavy (non-hydrogen) atoms. The van der Waals surface area contributed by atoms with Crippen molar-refractivity contribution >= 4 is 27.6 Å². The molecule has 0 spiro atoms. The summed E-state index contributed by atoms with van der Waals surface area (Å²) in [6.07, 6.45) is 0.487. The second-order valence-electron chi connectivity index (χ2n) is 6.31. The molecule has 1 aromatic heterocycles. The van der Waals surface area contributed by atoms with Crippen LogP contribution < -0.4 is 5.32 Å². The topological polar surface area (TPSA) is 119 Å². The zero-order chi connectivity index (χ0) is 21.1. The smallest absolute Gasteiger partial charge is 0.344 e. The van der Waals surface area contributed by atoms with Gasteiger partial charge in [-0.05, 0) is 38.0 Å². The van der Waals surface area contributed by atoms with Gasteiger partial charge < -0.3 is 14.6 Å². The van der Waals surface area contributed by atoms with E-state index in [0.29, 0.717) is 23.4 Å². The van der Waals surface area contributed by atoms with Gasteiger partial charge >= 0.3 is 5.97 Å². The highest BCUT2D eigenvalue weighted by atomic mass is 32.2. The van der Waals surface area contributed by atoms with Gasteiger partial charge in [-0.1, -0.05) is 18.1 Å². The summed E-state index contributed by atoms with van der Waals surface area (Å²) in [5.41, 5.74) is 1.50. The minimum Gasteiger partial charge on any atom is -0.452 e. The summed E-state index contributed by atoms with van der Waals surface area (Å²) >= 11 is 0. The van der Waals surface area contributed by atoms with Crippen LogP contribution in [0.1, 0.15) is 34.3 Å². The predicted octanol–water partition coefficient (Wildman–Crippen LogP) is 1.90. The number of esters is 1. The summed E-state index contributed by atoms with van der Waals surface area (Å²) in [6.45, 7) is 4.53. The number of anilines is 1. The van der Waals surface area contributed by atoms with Gasteiger partial charge in [-0.3, -0.25) is 4.79 Å². The Bertz CT molecular complexity index is 995. The monoisotopic (exact) mass is 409 g/mol. The first-order valence-electron chi connectivity index (χ1n) is 8.53. The average molecular weight is 409 g/mol. The number of aryl methyl sites for hydroxylation is 3. The van der Waals surface area contributed by atoms with Crippen molar-refractivity contribution in [2.75, 3.05) is 26.0 Å². The number of amides is 1. The molecule has 0 fully saturated rings. The van der Waals surface area contributed by atoms with E-state index >= 15 is 0 Å². The van der Waals surface area contributed by atoms with Crippen molar-refractivity contribution in [3.05, 3.63) is 40.8 Å². The van der Waals surface area contributed by atoms with Gasteiger partial charge in [0.15, 0.2) is 6.61 Å². The minimum atomic E-state index is -3.65. The van der Waals surface area contributed by atoms with Gasteiger partial charge in [0.05, 0.1) is 10.6 Å². The summed E-state index contributed by atoms with van der Waals surface area (Å²) in [5, 5.41) is 6.29. The van der Waals surface area contributed by atoms with Crippen molar-refractivity contribution in [3.8, 4) is 0 Å². The van der Waals surface area contributed by atoms with Gasteiger partial charge in [0.25, 0.3) is 5.91 Å².